The van der Waals surface area contributed by atoms with E-state index in [2.05, 4.69) is 15.6 Å². The van der Waals surface area contributed by atoms with Crippen molar-refractivity contribution in [1.29, 1.82) is 0 Å². The fourth-order valence-corrected chi connectivity index (χ4v) is 2.72. The number of aliphatic imine (C=N–C) groups is 1. The summed E-state index contributed by atoms with van der Waals surface area (Å²) in [5.41, 5.74) is 4.27. The molecule has 1 saturated carbocycles. The minimum absolute atomic E-state index is 0.230. The second-order valence-corrected chi connectivity index (χ2v) is 5.60. The van der Waals surface area contributed by atoms with Crippen molar-refractivity contribution < 1.29 is 13.2 Å². The van der Waals surface area contributed by atoms with Gasteiger partial charge in [0.15, 0.2) is 0 Å². The lowest BCUT2D eigenvalue weighted by molar-refractivity contribution is -0.106. The second-order valence-electron chi connectivity index (χ2n) is 5.60. The molecule has 1 fully saturated rings. The van der Waals surface area contributed by atoms with Crippen LogP contribution in [0.25, 0.3) is 0 Å². The fraction of sp³-hybridized carbons (Fsp3) is 0.400. The minimum Gasteiger partial charge on any atom is -0.332 e. The van der Waals surface area contributed by atoms with Gasteiger partial charge in [0, 0.05) is 17.8 Å². The third kappa shape index (κ3) is 2.68. The highest BCUT2D eigenvalue weighted by Crippen LogP contribution is 2.45. The molecule has 0 bridgehead atoms. The van der Waals surface area contributed by atoms with Gasteiger partial charge in [-0.25, -0.2) is 4.99 Å². The van der Waals surface area contributed by atoms with E-state index in [1.165, 1.54) is 0 Å². The largest absolute Gasteiger partial charge is 0.417 e. The van der Waals surface area contributed by atoms with Crippen LogP contribution in [0.1, 0.15) is 19.3 Å². The highest BCUT2D eigenvalue weighted by molar-refractivity contribution is 5.95. The zero-order valence-electron chi connectivity index (χ0n) is 11.8. The lowest BCUT2D eigenvalue weighted by atomic mass is 9.72. The van der Waals surface area contributed by atoms with E-state index in [1.807, 2.05) is 18.2 Å². The average Bonchev–Trinajstić information content (AvgIpc) is 2.35. The number of alkyl halides is 3. The first-order valence-electron chi connectivity index (χ1n) is 7.15. The van der Waals surface area contributed by atoms with Gasteiger partial charge in [-0.3, -0.25) is 0 Å². The van der Waals surface area contributed by atoms with Crippen LogP contribution in [0.5, 0.6) is 0 Å². The number of guanidine groups is 1. The van der Waals surface area contributed by atoms with Gasteiger partial charge in [0.25, 0.3) is 0 Å². The molecular weight excluding hydrogens is 293 g/mol. The van der Waals surface area contributed by atoms with Crippen LogP contribution in [0, 0.1) is 5.92 Å². The molecule has 0 spiro atoms. The molecule has 1 unspecified atom stereocenters. The summed E-state index contributed by atoms with van der Waals surface area (Å²) in [6.07, 6.45) is -1.37. The Morgan fingerprint density at radius 1 is 1.23 bits per heavy atom. The van der Waals surface area contributed by atoms with Crippen LogP contribution in [-0.4, -0.2) is 17.8 Å². The number of hydrogen-bond donors (Lipinski definition) is 3. The van der Waals surface area contributed by atoms with Crippen molar-refractivity contribution in [2.75, 3.05) is 5.32 Å². The Balaban J connectivity index is 1.89. The number of rotatable bonds is 2. The van der Waals surface area contributed by atoms with Crippen LogP contribution in [-0.2, 0) is 0 Å². The van der Waals surface area contributed by atoms with Crippen LogP contribution in [0.2, 0.25) is 0 Å². The fourth-order valence-electron chi connectivity index (χ4n) is 2.72. The molecule has 0 saturated heterocycles. The van der Waals surface area contributed by atoms with Crippen molar-refractivity contribution in [2.24, 2.45) is 16.6 Å². The Bertz CT molecular complexity index is 605. The van der Waals surface area contributed by atoms with E-state index in [0.717, 1.165) is 18.3 Å². The van der Waals surface area contributed by atoms with E-state index in [4.69, 9.17) is 5.73 Å². The first-order valence-corrected chi connectivity index (χ1v) is 7.15. The van der Waals surface area contributed by atoms with E-state index in [0.29, 0.717) is 12.8 Å². The number of hydrogen-bond acceptors (Lipinski definition) is 4. The van der Waals surface area contributed by atoms with Crippen molar-refractivity contribution in [3.8, 4) is 0 Å². The van der Waals surface area contributed by atoms with Crippen LogP contribution < -0.4 is 16.4 Å². The number of anilines is 1. The van der Waals surface area contributed by atoms with Crippen LogP contribution in [0.15, 0.2) is 47.1 Å². The normalized spacial score (nSPS) is 25.6. The molecule has 0 radical (unpaired) electrons. The van der Waals surface area contributed by atoms with E-state index in [9.17, 15) is 13.2 Å². The van der Waals surface area contributed by atoms with Crippen LogP contribution >= 0.6 is 0 Å². The zero-order chi connectivity index (χ0) is 15.8. The molecular formula is C15H17F3N4. The minimum atomic E-state index is -4.50. The van der Waals surface area contributed by atoms with Crippen molar-refractivity contribution in [1.82, 2.24) is 5.32 Å². The highest BCUT2D eigenvalue weighted by atomic mass is 19.4. The maximum Gasteiger partial charge on any atom is 0.417 e. The standard InChI is InChI=1S/C15H17F3N4/c16-15(17,18)12-9-20-13(21-11-7-2-1-3-8-11)22-14(12,19)10-5-4-6-10/h1-3,7-10H,4-6,19H2,(H2,20,21,22). The summed E-state index contributed by atoms with van der Waals surface area (Å²) in [5, 5.41) is 5.52. The molecule has 1 atom stereocenters. The maximum absolute atomic E-state index is 13.2. The average molecular weight is 310 g/mol. The molecule has 7 heteroatoms. The van der Waals surface area contributed by atoms with Gasteiger partial charge in [0.05, 0.1) is 5.57 Å². The van der Waals surface area contributed by atoms with E-state index in [-0.39, 0.29) is 11.9 Å². The Morgan fingerprint density at radius 2 is 1.91 bits per heavy atom. The number of nitrogens with one attached hydrogen (secondary N) is 2. The van der Waals surface area contributed by atoms with Crippen molar-refractivity contribution in [2.45, 2.75) is 31.1 Å². The third-order valence-corrected chi connectivity index (χ3v) is 4.15. The van der Waals surface area contributed by atoms with Gasteiger partial charge in [-0.1, -0.05) is 24.6 Å². The van der Waals surface area contributed by atoms with Crippen molar-refractivity contribution >= 4 is 11.6 Å². The Labute approximate surface area is 126 Å². The summed E-state index contributed by atoms with van der Waals surface area (Å²) in [4.78, 5) is 4.16. The maximum atomic E-state index is 13.2. The smallest absolute Gasteiger partial charge is 0.332 e. The Morgan fingerprint density at radius 3 is 2.45 bits per heavy atom. The molecule has 4 nitrogen and oxygen atoms in total. The van der Waals surface area contributed by atoms with Gasteiger partial charge in [-0.05, 0) is 25.0 Å². The summed E-state index contributed by atoms with van der Waals surface area (Å²) < 4.78 is 39.7. The summed E-state index contributed by atoms with van der Waals surface area (Å²) in [7, 11) is 0. The van der Waals surface area contributed by atoms with Gasteiger partial charge in [-0.15, -0.1) is 0 Å². The van der Waals surface area contributed by atoms with Gasteiger partial charge in [0.1, 0.15) is 5.66 Å². The lowest BCUT2D eigenvalue weighted by Gasteiger charge is -2.43. The van der Waals surface area contributed by atoms with Crippen LogP contribution in [0.3, 0.4) is 0 Å². The molecule has 0 aromatic heterocycles. The van der Waals surface area contributed by atoms with E-state index >= 15 is 0 Å². The summed E-state index contributed by atoms with van der Waals surface area (Å²) in [5.74, 6) is -0.0522. The number of nitrogens with zero attached hydrogens (tertiary/aromatic N) is 1. The molecule has 1 aromatic rings. The van der Waals surface area contributed by atoms with Gasteiger partial charge in [0.2, 0.25) is 5.96 Å². The number of benzene rings is 1. The van der Waals surface area contributed by atoms with E-state index in [1.54, 1.807) is 12.1 Å². The lowest BCUT2D eigenvalue weighted by Crippen LogP contribution is -2.57. The molecule has 3 rings (SSSR count). The summed E-state index contributed by atoms with van der Waals surface area (Å²) >= 11 is 0. The predicted molar refractivity (Wildman–Crippen MR) is 79.0 cm³/mol. The van der Waals surface area contributed by atoms with Crippen molar-refractivity contribution in [3.05, 3.63) is 42.1 Å². The molecule has 2 aliphatic rings. The Hall–Kier alpha value is -2.02. The SMILES string of the molecule is NC1(C2CCC2)N=C(Nc2ccccc2)NC=C1C(F)(F)F. The predicted octanol–water partition coefficient (Wildman–Crippen LogP) is 2.96. The quantitative estimate of drug-likeness (QED) is 0.787. The molecule has 22 heavy (non-hydrogen) atoms. The molecule has 1 aromatic carbocycles. The summed E-state index contributed by atoms with van der Waals surface area (Å²) in [6.45, 7) is 0. The summed E-state index contributed by atoms with van der Waals surface area (Å²) in [6, 6.07) is 9.10. The zero-order valence-corrected chi connectivity index (χ0v) is 11.8. The first-order chi connectivity index (χ1) is 10.4. The van der Waals surface area contributed by atoms with Gasteiger partial charge < -0.3 is 16.4 Å². The van der Waals surface area contributed by atoms with Gasteiger partial charge in [-0.2, -0.15) is 13.2 Å². The topological polar surface area (TPSA) is 62.4 Å². The monoisotopic (exact) mass is 310 g/mol. The van der Waals surface area contributed by atoms with Crippen LogP contribution in [0.4, 0.5) is 18.9 Å². The van der Waals surface area contributed by atoms with Crippen molar-refractivity contribution in [3.63, 3.8) is 0 Å². The highest BCUT2D eigenvalue weighted by Gasteiger charge is 2.53. The molecule has 1 aliphatic heterocycles. The molecule has 1 heterocycles. The Kier molecular flexibility index (Phi) is 3.60. The number of nitrogens with two attached hydrogens (primary N) is 1. The van der Waals surface area contributed by atoms with E-state index < -0.39 is 17.4 Å². The second kappa shape index (κ2) is 5.31. The molecule has 0 amide bonds. The molecule has 1 aliphatic carbocycles. The molecule has 4 N–H and O–H groups in total. The first kappa shape index (κ1) is 14.9. The third-order valence-electron chi connectivity index (χ3n) is 4.15. The number of halogens is 3. The van der Waals surface area contributed by atoms with Gasteiger partial charge >= 0.3 is 6.18 Å². The molecule has 118 valence electrons. The number of para-hydroxylation sites is 1.